The third kappa shape index (κ3) is 4.01. The van der Waals surface area contributed by atoms with Crippen molar-refractivity contribution in [1.82, 2.24) is 19.8 Å². The van der Waals surface area contributed by atoms with Crippen LogP contribution in [0, 0.1) is 0 Å². The van der Waals surface area contributed by atoms with Gasteiger partial charge in [-0.25, -0.2) is 0 Å². The molecule has 0 atom stereocenters. The molecule has 0 amide bonds. The number of hydrogen-bond acceptors (Lipinski definition) is 4. The molecule has 5 rings (SSSR count). The third-order valence-corrected chi connectivity index (χ3v) is 6.32. The Balaban J connectivity index is 1.40. The molecule has 6 heteroatoms. The average Bonchev–Trinajstić information content (AvgIpc) is 3.22. The molecule has 5 aromatic rings. The molecule has 0 N–H and O–H groups in total. The van der Waals surface area contributed by atoms with Gasteiger partial charge in [0, 0.05) is 15.8 Å². The fourth-order valence-corrected chi connectivity index (χ4v) is 4.31. The average molecular weight is 473 g/mol. The van der Waals surface area contributed by atoms with Crippen molar-refractivity contribution < 1.29 is 0 Å². The molecule has 0 aliphatic heterocycles. The van der Waals surface area contributed by atoms with E-state index in [1.807, 2.05) is 34.8 Å². The maximum atomic E-state index is 4.80. The Labute approximate surface area is 187 Å². The van der Waals surface area contributed by atoms with Gasteiger partial charge < -0.3 is 0 Å². The topological polar surface area (TPSA) is 43.1 Å². The molecule has 0 bridgehead atoms. The van der Waals surface area contributed by atoms with E-state index in [1.54, 1.807) is 11.8 Å². The standard InChI is InChI=1S/C24H17BrN4S/c25-21-12-6-17(7-13-21)16-30-24-27-26-23-15-14-22(28-29(23)24)20-10-8-19(9-11-20)18-4-2-1-3-5-18/h1-15H,16H2. The lowest BCUT2D eigenvalue weighted by Crippen LogP contribution is -1.96. The zero-order valence-corrected chi connectivity index (χ0v) is 18.3. The second kappa shape index (κ2) is 8.42. The summed E-state index contributed by atoms with van der Waals surface area (Å²) in [4.78, 5) is 0. The largest absolute Gasteiger partial charge is 0.212 e. The zero-order valence-electron chi connectivity index (χ0n) is 15.9. The number of thioether (sulfide) groups is 1. The highest BCUT2D eigenvalue weighted by atomic mass is 79.9. The van der Waals surface area contributed by atoms with Crippen LogP contribution in [0.25, 0.3) is 28.0 Å². The summed E-state index contributed by atoms with van der Waals surface area (Å²) in [6, 6.07) is 31.1. The number of fused-ring (bicyclic) bond motifs is 1. The van der Waals surface area contributed by atoms with Crippen LogP contribution in [0.1, 0.15) is 5.56 Å². The van der Waals surface area contributed by atoms with Crippen LogP contribution in [-0.4, -0.2) is 19.8 Å². The van der Waals surface area contributed by atoms with Crippen LogP contribution >= 0.6 is 27.7 Å². The predicted octanol–water partition coefficient (Wildman–Crippen LogP) is 6.51. The van der Waals surface area contributed by atoms with Crippen LogP contribution in [0.3, 0.4) is 0 Å². The van der Waals surface area contributed by atoms with Crippen LogP contribution < -0.4 is 0 Å². The van der Waals surface area contributed by atoms with Gasteiger partial charge in [0.05, 0.1) is 5.69 Å². The first-order valence-corrected chi connectivity index (χ1v) is 11.3. The summed E-state index contributed by atoms with van der Waals surface area (Å²) in [5.41, 5.74) is 6.33. The summed E-state index contributed by atoms with van der Waals surface area (Å²) in [6.07, 6.45) is 0. The zero-order chi connectivity index (χ0) is 20.3. The van der Waals surface area contributed by atoms with E-state index in [1.165, 1.54) is 16.7 Å². The molecule has 0 radical (unpaired) electrons. The first-order valence-electron chi connectivity index (χ1n) is 9.52. The minimum absolute atomic E-state index is 0.748. The van der Waals surface area contributed by atoms with Gasteiger partial charge in [-0.05, 0) is 41.0 Å². The van der Waals surface area contributed by atoms with Crippen molar-refractivity contribution in [3.05, 3.63) is 101 Å². The van der Waals surface area contributed by atoms with Gasteiger partial charge in [-0.2, -0.15) is 9.61 Å². The van der Waals surface area contributed by atoms with Crippen molar-refractivity contribution in [2.75, 3.05) is 0 Å². The summed E-state index contributed by atoms with van der Waals surface area (Å²) in [5, 5.41) is 14.2. The molecule has 2 heterocycles. The molecule has 0 unspecified atom stereocenters. The highest BCUT2D eigenvalue weighted by Gasteiger charge is 2.10. The van der Waals surface area contributed by atoms with E-state index in [9.17, 15) is 0 Å². The highest BCUT2D eigenvalue weighted by Crippen LogP contribution is 2.26. The van der Waals surface area contributed by atoms with E-state index in [0.29, 0.717) is 0 Å². The quantitative estimate of drug-likeness (QED) is 0.273. The smallest absolute Gasteiger partial charge is 0.187 e. The highest BCUT2D eigenvalue weighted by molar-refractivity contribution is 9.10. The fraction of sp³-hybridized carbons (Fsp3) is 0.0417. The lowest BCUT2D eigenvalue weighted by atomic mass is 10.0. The second-order valence-corrected chi connectivity index (χ2v) is 8.69. The number of benzene rings is 3. The van der Waals surface area contributed by atoms with Crippen LogP contribution in [-0.2, 0) is 5.75 Å². The lowest BCUT2D eigenvalue weighted by molar-refractivity contribution is 0.813. The summed E-state index contributed by atoms with van der Waals surface area (Å²) in [6.45, 7) is 0. The lowest BCUT2D eigenvalue weighted by Gasteiger charge is -2.06. The molecule has 0 fully saturated rings. The molecule has 0 saturated heterocycles. The molecular formula is C24H17BrN4S. The molecule has 0 aliphatic rings. The monoisotopic (exact) mass is 472 g/mol. The Kier molecular flexibility index (Phi) is 5.34. The van der Waals surface area contributed by atoms with Gasteiger partial charge in [0.15, 0.2) is 5.65 Å². The Morgan fingerprint density at radius 2 is 1.40 bits per heavy atom. The number of rotatable bonds is 5. The van der Waals surface area contributed by atoms with E-state index in [2.05, 4.69) is 86.8 Å². The molecule has 146 valence electrons. The predicted molar refractivity (Wildman–Crippen MR) is 125 cm³/mol. The van der Waals surface area contributed by atoms with Crippen molar-refractivity contribution in [2.24, 2.45) is 0 Å². The van der Waals surface area contributed by atoms with E-state index >= 15 is 0 Å². The fourth-order valence-electron chi connectivity index (χ4n) is 3.21. The van der Waals surface area contributed by atoms with Gasteiger partial charge in [-0.3, -0.25) is 0 Å². The Hall–Kier alpha value is -2.96. The summed E-state index contributed by atoms with van der Waals surface area (Å²) in [7, 11) is 0. The van der Waals surface area contributed by atoms with Crippen molar-refractivity contribution in [2.45, 2.75) is 10.9 Å². The number of aromatic nitrogens is 4. The van der Waals surface area contributed by atoms with Gasteiger partial charge >= 0.3 is 0 Å². The van der Waals surface area contributed by atoms with Gasteiger partial charge in [-0.1, -0.05) is 94.4 Å². The minimum Gasteiger partial charge on any atom is -0.187 e. The Morgan fingerprint density at radius 1 is 0.700 bits per heavy atom. The molecular weight excluding hydrogens is 456 g/mol. The minimum atomic E-state index is 0.748. The van der Waals surface area contributed by atoms with Crippen molar-refractivity contribution >= 4 is 33.3 Å². The van der Waals surface area contributed by atoms with Crippen molar-refractivity contribution in [3.8, 4) is 22.4 Å². The normalized spacial score (nSPS) is 11.1. The van der Waals surface area contributed by atoms with Crippen LogP contribution in [0.4, 0.5) is 0 Å². The number of hydrogen-bond donors (Lipinski definition) is 0. The number of halogens is 1. The molecule has 30 heavy (non-hydrogen) atoms. The van der Waals surface area contributed by atoms with Gasteiger partial charge in [0.25, 0.3) is 0 Å². The summed E-state index contributed by atoms with van der Waals surface area (Å²) in [5.74, 6) is 0.811. The van der Waals surface area contributed by atoms with E-state index in [4.69, 9.17) is 5.10 Å². The molecule has 0 saturated carbocycles. The molecule has 0 spiro atoms. The first kappa shape index (κ1) is 19.0. The van der Waals surface area contributed by atoms with E-state index in [-0.39, 0.29) is 0 Å². The number of nitrogens with zero attached hydrogens (tertiary/aromatic N) is 4. The molecule has 4 nitrogen and oxygen atoms in total. The van der Waals surface area contributed by atoms with Gasteiger partial charge in [-0.15, -0.1) is 10.2 Å². The van der Waals surface area contributed by atoms with Gasteiger partial charge in [0.2, 0.25) is 5.16 Å². The summed E-state index contributed by atoms with van der Waals surface area (Å²) < 4.78 is 2.90. The maximum absolute atomic E-state index is 4.80. The van der Waals surface area contributed by atoms with Crippen molar-refractivity contribution in [1.29, 1.82) is 0 Å². The molecule has 0 aliphatic carbocycles. The first-order chi connectivity index (χ1) is 14.8. The third-order valence-electron chi connectivity index (χ3n) is 4.80. The van der Waals surface area contributed by atoms with E-state index in [0.717, 1.165) is 32.3 Å². The Bertz CT molecular complexity index is 1280. The molecule has 3 aromatic carbocycles. The van der Waals surface area contributed by atoms with Crippen LogP contribution in [0.15, 0.2) is 101 Å². The van der Waals surface area contributed by atoms with E-state index < -0.39 is 0 Å². The van der Waals surface area contributed by atoms with Crippen molar-refractivity contribution in [3.63, 3.8) is 0 Å². The summed E-state index contributed by atoms with van der Waals surface area (Å²) >= 11 is 5.10. The Morgan fingerprint density at radius 3 is 2.17 bits per heavy atom. The maximum Gasteiger partial charge on any atom is 0.212 e. The SMILES string of the molecule is Brc1ccc(CSc2nnc3ccc(-c4ccc(-c5ccccc5)cc4)nn23)cc1. The molecule has 2 aromatic heterocycles. The van der Waals surface area contributed by atoms with Crippen LogP contribution in [0.2, 0.25) is 0 Å². The second-order valence-electron chi connectivity index (χ2n) is 6.83. The van der Waals surface area contributed by atoms with Gasteiger partial charge in [0.1, 0.15) is 0 Å². The van der Waals surface area contributed by atoms with Crippen LogP contribution in [0.5, 0.6) is 0 Å².